The predicted molar refractivity (Wildman–Crippen MR) is 120 cm³/mol. The minimum absolute atomic E-state index is 0.139. The monoisotopic (exact) mass is 421 g/mol. The van der Waals surface area contributed by atoms with Crippen molar-refractivity contribution in [1.82, 2.24) is 5.32 Å². The largest absolute Gasteiger partial charge is 0.489 e. The molecule has 0 saturated heterocycles. The standard InChI is InChI=1S/C26H28FNO3/c1-4-24(31-25-7-5-6-18(2)19(25)3)26(29)28-16-20-10-14-23(15-11-20)30-17-21-8-12-22(27)13-9-21/h5-15,24H,4,16-17H2,1-3H3,(H,28,29)/t24-/m0/s1. The zero-order valence-electron chi connectivity index (χ0n) is 18.2. The van der Waals surface area contributed by atoms with Crippen LogP contribution in [0.3, 0.4) is 0 Å². The van der Waals surface area contributed by atoms with E-state index >= 15 is 0 Å². The fraction of sp³-hybridized carbons (Fsp3) is 0.269. The Morgan fingerprint density at radius 3 is 2.32 bits per heavy atom. The highest BCUT2D eigenvalue weighted by molar-refractivity contribution is 5.81. The first-order valence-corrected chi connectivity index (χ1v) is 10.4. The second-order valence-corrected chi connectivity index (χ2v) is 7.49. The molecule has 162 valence electrons. The molecular weight excluding hydrogens is 393 g/mol. The maximum absolute atomic E-state index is 13.0. The van der Waals surface area contributed by atoms with Crippen molar-refractivity contribution in [3.63, 3.8) is 0 Å². The summed E-state index contributed by atoms with van der Waals surface area (Å²) >= 11 is 0. The van der Waals surface area contributed by atoms with Gasteiger partial charge in [-0.25, -0.2) is 4.39 Å². The molecule has 1 atom stereocenters. The van der Waals surface area contributed by atoms with Crippen molar-refractivity contribution in [1.29, 1.82) is 0 Å². The molecule has 3 aromatic carbocycles. The summed E-state index contributed by atoms with van der Waals surface area (Å²) in [5.74, 6) is 1.05. The highest BCUT2D eigenvalue weighted by atomic mass is 19.1. The normalized spacial score (nSPS) is 11.6. The molecule has 0 aliphatic carbocycles. The highest BCUT2D eigenvalue weighted by Crippen LogP contribution is 2.22. The number of halogens is 1. The smallest absolute Gasteiger partial charge is 0.261 e. The van der Waals surface area contributed by atoms with E-state index in [0.717, 1.165) is 28.0 Å². The zero-order chi connectivity index (χ0) is 22.2. The van der Waals surface area contributed by atoms with E-state index in [-0.39, 0.29) is 11.7 Å². The lowest BCUT2D eigenvalue weighted by atomic mass is 10.1. The van der Waals surface area contributed by atoms with Crippen LogP contribution < -0.4 is 14.8 Å². The number of ether oxygens (including phenoxy) is 2. The molecule has 0 fully saturated rings. The predicted octanol–water partition coefficient (Wildman–Crippen LogP) is 5.50. The molecule has 0 bridgehead atoms. The van der Waals surface area contributed by atoms with Gasteiger partial charge in [0, 0.05) is 6.54 Å². The van der Waals surface area contributed by atoms with Crippen LogP contribution in [-0.2, 0) is 17.9 Å². The molecule has 0 unspecified atom stereocenters. The first-order chi connectivity index (χ1) is 15.0. The number of carbonyl (C=O) groups is 1. The van der Waals surface area contributed by atoms with Crippen LogP contribution in [0.15, 0.2) is 66.7 Å². The number of hydrogen-bond donors (Lipinski definition) is 1. The van der Waals surface area contributed by atoms with Crippen LogP contribution in [0.2, 0.25) is 0 Å². The van der Waals surface area contributed by atoms with Gasteiger partial charge in [-0.15, -0.1) is 0 Å². The average Bonchev–Trinajstić information content (AvgIpc) is 2.79. The van der Waals surface area contributed by atoms with Gasteiger partial charge in [0.15, 0.2) is 6.10 Å². The topological polar surface area (TPSA) is 47.6 Å². The second kappa shape index (κ2) is 10.6. The quantitative estimate of drug-likeness (QED) is 0.497. The van der Waals surface area contributed by atoms with E-state index < -0.39 is 6.10 Å². The van der Waals surface area contributed by atoms with E-state index in [1.165, 1.54) is 12.1 Å². The Morgan fingerprint density at radius 1 is 0.968 bits per heavy atom. The number of nitrogens with one attached hydrogen (secondary N) is 1. The second-order valence-electron chi connectivity index (χ2n) is 7.49. The van der Waals surface area contributed by atoms with Crippen LogP contribution in [0.4, 0.5) is 4.39 Å². The van der Waals surface area contributed by atoms with Gasteiger partial charge < -0.3 is 14.8 Å². The van der Waals surface area contributed by atoms with Crippen molar-refractivity contribution >= 4 is 5.91 Å². The molecule has 3 aromatic rings. The Bertz CT molecular complexity index is 1000. The van der Waals surface area contributed by atoms with E-state index in [0.29, 0.717) is 25.3 Å². The van der Waals surface area contributed by atoms with E-state index in [4.69, 9.17) is 9.47 Å². The van der Waals surface area contributed by atoms with Crippen molar-refractivity contribution in [2.75, 3.05) is 0 Å². The highest BCUT2D eigenvalue weighted by Gasteiger charge is 2.19. The molecule has 0 aliphatic rings. The van der Waals surface area contributed by atoms with Crippen LogP contribution in [0.1, 0.15) is 35.6 Å². The van der Waals surface area contributed by atoms with Gasteiger partial charge in [0.25, 0.3) is 5.91 Å². The van der Waals surface area contributed by atoms with Crippen molar-refractivity contribution < 1.29 is 18.7 Å². The summed E-state index contributed by atoms with van der Waals surface area (Å²) in [7, 11) is 0. The summed E-state index contributed by atoms with van der Waals surface area (Å²) in [5.41, 5.74) is 4.04. The van der Waals surface area contributed by atoms with Gasteiger partial charge in [0.1, 0.15) is 23.9 Å². The molecule has 0 radical (unpaired) electrons. The number of rotatable bonds is 9. The van der Waals surface area contributed by atoms with Crippen LogP contribution in [0.25, 0.3) is 0 Å². The zero-order valence-corrected chi connectivity index (χ0v) is 18.2. The minimum atomic E-state index is -0.543. The van der Waals surface area contributed by atoms with Gasteiger partial charge in [0.2, 0.25) is 0 Å². The first kappa shape index (κ1) is 22.3. The fourth-order valence-electron chi connectivity index (χ4n) is 3.08. The van der Waals surface area contributed by atoms with E-state index in [1.54, 1.807) is 12.1 Å². The Morgan fingerprint density at radius 2 is 1.65 bits per heavy atom. The maximum atomic E-state index is 13.0. The fourth-order valence-corrected chi connectivity index (χ4v) is 3.08. The molecule has 0 aliphatic heterocycles. The summed E-state index contributed by atoms with van der Waals surface area (Å²) in [4.78, 5) is 12.6. The first-order valence-electron chi connectivity index (χ1n) is 10.4. The Balaban J connectivity index is 1.50. The summed E-state index contributed by atoms with van der Waals surface area (Å²) in [5, 5.41) is 2.95. The lowest BCUT2D eigenvalue weighted by Crippen LogP contribution is -2.37. The number of amides is 1. The molecule has 1 amide bonds. The summed E-state index contributed by atoms with van der Waals surface area (Å²) in [6.07, 6.45) is 0.0360. The molecule has 0 spiro atoms. The molecule has 4 nitrogen and oxygen atoms in total. The van der Waals surface area contributed by atoms with Gasteiger partial charge in [-0.1, -0.05) is 43.3 Å². The maximum Gasteiger partial charge on any atom is 0.261 e. The molecule has 1 N–H and O–H groups in total. The lowest BCUT2D eigenvalue weighted by molar-refractivity contribution is -0.128. The van der Waals surface area contributed by atoms with Crippen molar-refractivity contribution in [3.8, 4) is 11.5 Å². The molecule has 31 heavy (non-hydrogen) atoms. The SMILES string of the molecule is CC[C@H](Oc1cccc(C)c1C)C(=O)NCc1ccc(OCc2ccc(F)cc2)cc1. The third kappa shape index (κ3) is 6.32. The molecule has 0 aromatic heterocycles. The molecule has 0 heterocycles. The van der Waals surface area contributed by atoms with Gasteiger partial charge >= 0.3 is 0 Å². The Labute approximate surface area is 183 Å². The summed E-state index contributed by atoms with van der Waals surface area (Å²) in [6, 6.07) is 19.6. The molecule has 0 saturated carbocycles. The van der Waals surface area contributed by atoms with Gasteiger partial charge in [-0.05, 0) is 72.9 Å². The third-order valence-electron chi connectivity index (χ3n) is 5.20. The summed E-state index contributed by atoms with van der Waals surface area (Å²) < 4.78 is 24.7. The van der Waals surface area contributed by atoms with Crippen LogP contribution in [0, 0.1) is 19.7 Å². The van der Waals surface area contributed by atoms with Crippen molar-refractivity contribution in [2.45, 2.75) is 46.4 Å². The number of carbonyl (C=O) groups excluding carboxylic acids is 1. The van der Waals surface area contributed by atoms with Gasteiger partial charge in [0.05, 0.1) is 0 Å². The minimum Gasteiger partial charge on any atom is -0.489 e. The van der Waals surface area contributed by atoms with E-state index in [1.807, 2.05) is 63.2 Å². The molecule has 3 rings (SSSR count). The van der Waals surface area contributed by atoms with E-state index in [9.17, 15) is 9.18 Å². The van der Waals surface area contributed by atoms with Gasteiger partial charge in [-0.3, -0.25) is 4.79 Å². The number of hydrogen-bond acceptors (Lipinski definition) is 3. The number of benzene rings is 3. The van der Waals surface area contributed by atoms with Crippen molar-refractivity contribution in [2.24, 2.45) is 0 Å². The molecule has 5 heteroatoms. The van der Waals surface area contributed by atoms with Crippen molar-refractivity contribution in [3.05, 3.63) is 94.8 Å². The lowest BCUT2D eigenvalue weighted by Gasteiger charge is -2.19. The summed E-state index contributed by atoms with van der Waals surface area (Å²) in [6.45, 7) is 6.72. The Kier molecular flexibility index (Phi) is 7.65. The van der Waals surface area contributed by atoms with Crippen LogP contribution >= 0.6 is 0 Å². The van der Waals surface area contributed by atoms with Gasteiger partial charge in [-0.2, -0.15) is 0 Å². The number of aryl methyl sites for hydroxylation is 1. The van der Waals surface area contributed by atoms with Crippen LogP contribution in [-0.4, -0.2) is 12.0 Å². The third-order valence-corrected chi connectivity index (χ3v) is 5.20. The average molecular weight is 422 g/mol. The molecular formula is C26H28FNO3. The van der Waals surface area contributed by atoms with E-state index in [2.05, 4.69) is 5.32 Å². The van der Waals surface area contributed by atoms with Crippen LogP contribution in [0.5, 0.6) is 11.5 Å². The Hall–Kier alpha value is -3.34.